The number of aromatic nitrogens is 2. The minimum atomic E-state index is -0.557. The number of nitrogens with one attached hydrogen (secondary N) is 1. The van der Waals surface area contributed by atoms with Crippen molar-refractivity contribution in [3.63, 3.8) is 0 Å². The lowest BCUT2D eigenvalue weighted by atomic mass is 10.2. The molecular weight excluding hydrogens is 275 g/mol. The fourth-order valence-corrected chi connectivity index (χ4v) is 1.83. The average molecular weight is 290 g/mol. The molecule has 2 rings (SSSR count). The maximum absolute atomic E-state index is 13.4. The molecule has 2 aromatic rings. The Hall–Kier alpha value is -2.70. The van der Waals surface area contributed by atoms with Crippen molar-refractivity contribution in [3.05, 3.63) is 51.7 Å². The molecule has 21 heavy (non-hydrogen) atoms. The number of halogens is 1. The van der Waals surface area contributed by atoms with Crippen molar-refractivity contribution in [1.82, 2.24) is 9.55 Å². The highest BCUT2D eigenvalue weighted by atomic mass is 19.1. The van der Waals surface area contributed by atoms with Crippen molar-refractivity contribution < 1.29 is 9.18 Å². The number of amides is 1. The number of nitrogen functional groups attached to an aromatic ring is 1. The molecule has 0 aliphatic heterocycles. The zero-order chi connectivity index (χ0) is 15.6. The van der Waals surface area contributed by atoms with E-state index in [0.717, 1.165) is 4.57 Å². The molecule has 3 N–H and O–H groups in total. The van der Waals surface area contributed by atoms with Crippen LogP contribution >= 0.6 is 0 Å². The van der Waals surface area contributed by atoms with Gasteiger partial charge in [0.25, 0.3) is 5.56 Å². The first kappa shape index (κ1) is 14.7. The van der Waals surface area contributed by atoms with Crippen LogP contribution in [0.25, 0.3) is 0 Å². The summed E-state index contributed by atoms with van der Waals surface area (Å²) in [4.78, 5) is 28.0. The highest BCUT2D eigenvalue weighted by Crippen LogP contribution is 2.12. The highest BCUT2D eigenvalue weighted by molar-refractivity contribution is 5.90. The number of para-hydroxylation sites is 1. The van der Waals surface area contributed by atoms with Crippen LogP contribution in [0.15, 0.2) is 29.1 Å². The lowest BCUT2D eigenvalue weighted by Crippen LogP contribution is -2.32. The van der Waals surface area contributed by atoms with E-state index < -0.39 is 11.7 Å². The van der Waals surface area contributed by atoms with E-state index in [9.17, 15) is 14.0 Å². The minimum absolute atomic E-state index is 0.0471. The standard InChI is InChI=1S/C14H15FN4O2/c1-8-9(2)17-14(16)19(13(8)21)7-12(20)18-11-6-4-3-5-10(11)15/h3-6H,7H2,1-2H3,(H2,16,17)(H,18,20). The molecule has 7 heteroatoms. The van der Waals surface area contributed by atoms with Crippen molar-refractivity contribution >= 4 is 17.5 Å². The molecule has 1 amide bonds. The van der Waals surface area contributed by atoms with Crippen molar-refractivity contribution in [2.45, 2.75) is 20.4 Å². The minimum Gasteiger partial charge on any atom is -0.369 e. The van der Waals surface area contributed by atoms with Gasteiger partial charge in [-0.3, -0.25) is 14.2 Å². The van der Waals surface area contributed by atoms with Crippen LogP contribution in [-0.4, -0.2) is 15.5 Å². The van der Waals surface area contributed by atoms with Crippen LogP contribution in [0.3, 0.4) is 0 Å². The molecule has 1 aromatic carbocycles. The van der Waals surface area contributed by atoms with E-state index >= 15 is 0 Å². The van der Waals surface area contributed by atoms with E-state index in [1.165, 1.54) is 18.2 Å². The Bertz CT molecular complexity index is 755. The van der Waals surface area contributed by atoms with Gasteiger partial charge >= 0.3 is 0 Å². The predicted molar refractivity (Wildman–Crippen MR) is 77.4 cm³/mol. The zero-order valence-electron chi connectivity index (χ0n) is 11.7. The van der Waals surface area contributed by atoms with Gasteiger partial charge in [-0.05, 0) is 26.0 Å². The van der Waals surface area contributed by atoms with Crippen LogP contribution < -0.4 is 16.6 Å². The van der Waals surface area contributed by atoms with Crippen molar-refractivity contribution in [3.8, 4) is 0 Å². The monoisotopic (exact) mass is 290 g/mol. The highest BCUT2D eigenvalue weighted by Gasteiger charge is 2.13. The Kier molecular flexibility index (Phi) is 4.02. The summed E-state index contributed by atoms with van der Waals surface area (Å²) in [6, 6.07) is 5.77. The van der Waals surface area contributed by atoms with Crippen LogP contribution in [0.4, 0.5) is 16.0 Å². The molecule has 1 heterocycles. The summed E-state index contributed by atoms with van der Waals surface area (Å²) in [6.45, 7) is 2.94. The molecule has 0 atom stereocenters. The third-order valence-electron chi connectivity index (χ3n) is 3.12. The molecule has 0 spiro atoms. The quantitative estimate of drug-likeness (QED) is 0.889. The number of hydrogen-bond donors (Lipinski definition) is 2. The van der Waals surface area contributed by atoms with Crippen LogP contribution in [0, 0.1) is 19.7 Å². The summed E-state index contributed by atoms with van der Waals surface area (Å²) >= 11 is 0. The van der Waals surface area contributed by atoms with E-state index in [0.29, 0.717) is 11.3 Å². The Morgan fingerprint density at radius 1 is 1.38 bits per heavy atom. The molecule has 0 saturated heterocycles. The van der Waals surface area contributed by atoms with E-state index in [2.05, 4.69) is 10.3 Å². The summed E-state index contributed by atoms with van der Waals surface area (Å²) in [5.41, 5.74) is 6.26. The second kappa shape index (κ2) is 5.74. The lowest BCUT2D eigenvalue weighted by molar-refractivity contribution is -0.116. The number of carbonyl (C=O) groups is 1. The number of carbonyl (C=O) groups excluding carboxylic acids is 1. The van der Waals surface area contributed by atoms with Crippen molar-refractivity contribution in [2.24, 2.45) is 0 Å². The van der Waals surface area contributed by atoms with Gasteiger partial charge in [0.15, 0.2) is 0 Å². The van der Waals surface area contributed by atoms with Gasteiger partial charge in [0, 0.05) is 11.3 Å². The van der Waals surface area contributed by atoms with Gasteiger partial charge < -0.3 is 11.1 Å². The van der Waals surface area contributed by atoms with Crippen LogP contribution in [0.1, 0.15) is 11.3 Å². The van der Waals surface area contributed by atoms with Gasteiger partial charge in [-0.2, -0.15) is 0 Å². The zero-order valence-corrected chi connectivity index (χ0v) is 11.7. The van der Waals surface area contributed by atoms with Gasteiger partial charge in [0.05, 0.1) is 5.69 Å². The maximum atomic E-state index is 13.4. The van der Waals surface area contributed by atoms with Crippen LogP contribution in [0.2, 0.25) is 0 Å². The normalized spacial score (nSPS) is 10.4. The van der Waals surface area contributed by atoms with Gasteiger partial charge in [-0.1, -0.05) is 12.1 Å². The van der Waals surface area contributed by atoms with Crippen molar-refractivity contribution in [2.75, 3.05) is 11.1 Å². The average Bonchev–Trinajstić information content (AvgIpc) is 2.44. The number of hydrogen-bond acceptors (Lipinski definition) is 4. The smallest absolute Gasteiger partial charge is 0.258 e. The van der Waals surface area contributed by atoms with Crippen LogP contribution in [-0.2, 0) is 11.3 Å². The maximum Gasteiger partial charge on any atom is 0.258 e. The Morgan fingerprint density at radius 2 is 2.05 bits per heavy atom. The Balaban J connectivity index is 2.23. The topological polar surface area (TPSA) is 90.0 Å². The number of anilines is 2. The Morgan fingerprint density at radius 3 is 2.71 bits per heavy atom. The third kappa shape index (κ3) is 3.07. The summed E-state index contributed by atoms with van der Waals surface area (Å²) < 4.78 is 14.5. The SMILES string of the molecule is Cc1nc(N)n(CC(=O)Nc2ccccc2F)c(=O)c1C. The van der Waals surface area contributed by atoms with Gasteiger partial charge in [0.2, 0.25) is 11.9 Å². The summed E-state index contributed by atoms with van der Waals surface area (Å²) in [6.07, 6.45) is 0. The molecule has 1 aromatic heterocycles. The lowest BCUT2D eigenvalue weighted by Gasteiger charge is -2.11. The number of rotatable bonds is 3. The first-order valence-electron chi connectivity index (χ1n) is 6.28. The fraction of sp³-hybridized carbons (Fsp3) is 0.214. The van der Waals surface area contributed by atoms with E-state index in [-0.39, 0.29) is 23.7 Å². The third-order valence-corrected chi connectivity index (χ3v) is 3.12. The summed E-state index contributed by atoms with van der Waals surface area (Å²) in [7, 11) is 0. The number of nitrogens with zero attached hydrogens (tertiary/aromatic N) is 2. The number of nitrogens with two attached hydrogens (primary N) is 1. The molecule has 0 aliphatic rings. The van der Waals surface area contributed by atoms with Crippen molar-refractivity contribution in [1.29, 1.82) is 0 Å². The summed E-state index contributed by atoms with van der Waals surface area (Å²) in [5, 5.41) is 2.39. The van der Waals surface area contributed by atoms with E-state index in [1.54, 1.807) is 19.9 Å². The molecule has 0 unspecified atom stereocenters. The number of aryl methyl sites for hydroxylation is 1. The predicted octanol–water partition coefficient (Wildman–Crippen LogP) is 1.22. The molecule has 0 aliphatic carbocycles. The Labute approximate surface area is 120 Å². The first-order valence-corrected chi connectivity index (χ1v) is 6.28. The summed E-state index contributed by atoms with van der Waals surface area (Å²) in [5.74, 6) is -1.16. The molecule has 0 radical (unpaired) electrons. The molecule has 110 valence electrons. The molecule has 0 fully saturated rings. The van der Waals surface area contributed by atoms with E-state index in [4.69, 9.17) is 5.73 Å². The van der Waals surface area contributed by atoms with Crippen LogP contribution in [0.5, 0.6) is 0 Å². The van der Waals surface area contributed by atoms with Gasteiger partial charge in [-0.15, -0.1) is 0 Å². The van der Waals surface area contributed by atoms with Gasteiger partial charge in [0.1, 0.15) is 12.4 Å². The number of benzene rings is 1. The molecule has 0 saturated carbocycles. The van der Waals surface area contributed by atoms with E-state index in [1.807, 2.05) is 0 Å². The fourth-order valence-electron chi connectivity index (χ4n) is 1.83. The van der Waals surface area contributed by atoms with Gasteiger partial charge in [-0.25, -0.2) is 9.37 Å². The molecule has 0 bridgehead atoms. The first-order chi connectivity index (χ1) is 9.90. The molecular formula is C14H15FN4O2. The largest absolute Gasteiger partial charge is 0.369 e. The second-order valence-electron chi connectivity index (χ2n) is 4.60. The second-order valence-corrected chi connectivity index (χ2v) is 4.60. The molecule has 6 nitrogen and oxygen atoms in total.